The Balaban J connectivity index is 1.40. The predicted molar refractivity (Wildman–Crippen MR) is 152 cm³/mol. The van der Waals surface area contributed by atoms with Crippen LogP contribution in [-0.2, 0) is 9.59 Å². The summed E-state index contributed by atoms with van der Waals surface area (Å²) in [5.41, 5.74) is 2.95. The number of amides is 3. The van der Waals surface area contributed by atoms with Crippen LogP contribution in [0.15, 0.2) is 60.7 Å². The van der Waals surface area contributed by atoms with E-state index in [1.165, 1.54) is 18.2 Å². The topological polar surface area (TPSA) is 140 Å². The van der Waals surface area contributed by atoms with E-state index in [9.17, 15) is 24.3 Å². The quantitative estimate of drug-likeness (QED) is 0.268. The summed E-state index contributed by atoms with van der Waals surface area (Å²) in [4.78, 5) is 50.8. The lowest BCUT2D eigenvalue weighted by molar-refractivity contribution is -0.124. The first kappa shape index (κ1) is 27.5. The van der Waals surface area contributed by atoms with Crippen LogP contribution >= 0.6 is 0 Å². The molecule has 10 nitrogen and oxygen atoms in total. The summed E-state index contributed by atoms with van der Waals surface area (Å²) in [7, 11) is 0. The maximum atomic E-state index is 15.1. The van der Waals surface area contributed by atoms with Crippen molar-refractivity contribution in [2.24, 2.45) is 0 Å². The van der Waals surface area contributed by atoms with Crippen LogP contribution in [0.2, 0.25) is 0 Å². The number of rotatable bonds is 8. The van der Waals surface area contributed by atoms with Crippen LogP contribution in [0.3, 0.4) is 0 Å². The molecule has 1 fully saturated rings. The van der Waals surface area contributed by atoms with E-state index in [1.54, 1.807) is 43.3 Å². The lowest BCUT2D eigenvalue weighted by Gasteiger charge is -2.26. The highest BCUT2D eigenvalue weighted by molar-refractivity contribution is 6.37. The van der Waals surface area contributed by atoms with Crippen molar-refractivity contribution < 1.29 is 28.7 Å². The van der Waals surface area contributed by atoms with Crippen LogP contribution in [-0.4, -0.2) is 66.4 Å². The smallest absolute Gasteiger partial charge is 0.336 e. The van der Waals surface area contributed by atoms with Gasteiger partial charge in [0.2, 0.25) is 5.91 Å². The number of carboxylic acid groups (broad SMARTS) is 1. The minimum absolute atomic E-state index is 0.0692. The summed E-state index contributed by atoms with van der Waals surface area (Å²) in [6.45, 7) is 3.86. The van der Waals surface area contributed by atoms with E-state index in [2.05, 4.69) is 21.3 Å². The molecule has 0 bridgehead atoms. The summed E-state index contributed by atoms with van der Waals surface area (Å²) < 4.78 is 15.1. The van der Waals surface area contributed by atoms with Crippen LogP contribution in [0.1, 0.15) is 37.4 Å². The number of aryl methyl sites for hydroxylation is 1. The number of piperazine rings is 1. The van der Waals surface area contributed by atoms with Gasteiger partial charge in [-0.25, -0.2) is 9.18 Å². The van der Waals surface area contributed by atoms with Crippen LogP contribution in [0.5, 0.6) is 0 Å². The lowest BCUT2D eigenvalue weighted by atomic mass is 9.96. The maximum absolute atomic E-state index is 15.1. The molecule has 210 valence electrons. The van der Waals surface area contributed by atoms with Crippen LogP contribution in [0, 0.1) is 12.7 Å². The average molecular weight is 558 g/mol. The number of hydrogen-bond donors (Lipinski definition) is 5. The highest BCUT2D eigenvalue weighted by Gasteiger charge is 2.30. The van der Waals surface area contributed by atoms with Gasteiger partial charge in [-0.15, -0.1) is 0 Å². The number of carboxylic acids is 1. The fourth-order valence-corrected chi connectivity index (χ4v) is 4.91. The van der Waals surface area contributed by atoms with Gasteiger partial charge in [0.1, 0.15) is 5.82 Å². The van der Waals surface area contributed by atoms with Crippen LogP contribution in [0.25, 0.3) is 11.3 Å². The Kier molecular flexibility index (Phi) is 7.79. The molecule has 0 atom stereocenters. The highest BCUT2D eigenvalue weighted by atomic mass is 19.1. The monoisotopic (exact) mass is 557 g/mol. The minimum Gasteiger partial charge on any atom is -0.478 e. The number of carbonyl (C=O) groups excluding carboxylic acids is 3. The van der Waals surface area contributed by atoms with E-state index >= 15 is 4.39 Å². The zero-order valence-electron chi connectivity index (χ0n) is 22.2. The van der Waals surface area contributed by atoms with Crippen molar-refractivity contribution in [1.29, 1.82) is 0 Å². The van der Waals surface area contributed by atoms with E-state index in [0.29, 0.717) is 53.4 Å². The molecule has 3 aromatic carbocycles. The normalized spacial score (nSPS) is 16.0. The van der Waals surface area contributed by atoms with Crippen molar-refractivity contribution >= 4 is 46.3 Å². The molecule has 0 aromatic heterocycles. The van der Waals surface area contributed by atoms with Gasteiger partial charge >= 0.3 is 5.97 Å². The SMILES string of the molecule is Cc1cc2c(cc1C(=O)O)NC(=O)/C2=C(\Nc1ccc(C(=O)NCCN2CCNC(=O)C2)c(F)c1)c1ccccc1. The van der Waals surface area contributed by atoms with Crippen molar-refractivity contribution in [3.8, 4) is 0 Å². The molecule has 0 saturated carbocycles. The summed E-state index contributed by atoms with van der Waals surface area (Å²) in [5.74, 6) is -2.93. The number of nitrogens with one attached hydrogen (secondary N) is 4. The number of carbonyl (C=O) groups is 4. The van der Waals surface area contributed by atoms with Gasteiger partial charge in [0.15, 0.2) is 0 Å². The molecule has 0 spiro atoms. The number of halogens is 1. The molecule has 0 radical (unpaired) electrons. The van der Waals surface area contributed by atoms with Gasteiger partial charge < -0.3 is 26.4 Å². The van der Waals surface area contributed by atoms with Gasteiger partial charge in [0.25, 0.3) is 11.8 Å². The van der Waals surface area contributed by atoms with Gasteiger partial charge in [-0.1, -0.05) is 30.3 Å². The Morgan fingerprint density at radius 1 is 1.05 bits per heavy atom. The van der Waals surface area contributed by atoms with E-state index in [1.807, 2.05) is 11.0 Å². The summed E-state index contributed by atoms with van der Waals surface area (Å²) in [5, 5.41) is 20.8. The van der Waals surface area contributed by atoms with Crippen molar-refractivity contribution in [2.45, 2.75) is 6.92 Å². The lowest BCUT2D eigenvalue weighted by Crippen LogP contribution is -2.49. The van der Waals surface area contributed by atoms with Gasteiger partial charge in [-0.3, -0.25) is 19.3 Å². The number of aromatic carboxylic acids is 1. The number of fused-ring (bicyclic) bond motifs is 1. The first-order chi connectivity index (χ1) is 19.7. The zero-order valence-corrected chi connectivity index (χ0v) is 22.2. The molecule has 3 aromatic rings. The molecule has 11 heteroatoms. The van der Waals surface area contributed by atoms with E-state index in [4.69, 9.17) is 0 Å². The molecule has 3 amide bonds. The third-order valence-corrected chi connectivity index (χ3v) is 6.97. The molecular weight excluding hydrogens is 529 g/mol. The third kappa shape index (κ3) is 5.94. The number of nitrogens with zero attached hydrogens (tertiary/aromatic N) is 1. The molecule has 5 rings (SSSR count). The zero-order chi connectivity index (χ0) is 29.1. The fraction of sp³-hybridized carbons (Fsp3) is 0.200. The number of hydrogen-bond acceptors (Lipinski definition) is 6. The fourth-order valence-electron chi connectivity index (χ4n) is 4.91. The molecule has 0 unspecified atom stereocenters. The number of anilines is 2. The molecule has 1 saturated heterocycles. The highest BCUT2D eigenvalue weighted by Crippen LogP contribution is 2.39. The van der Waals surface area contributed by atoms with E-state index < -0.39 is 23.6 Å². The Labute approximate surface area is 235 Å². The maximum Gasteiger partial charge on any atom is 0.336 e. The van der Waals surface area contributed by atoms with Crippen molar-refractivity contribution in [3.63, 3.8) is 0 Å². The number of benzene rings is 3. The Morgan fingerprint density at radius 3 is 2.54 bits per heavy atom. The second-order valence-corrected chi connectivity index (χ2v) is 9.79. The second-order valence-electron chi connectivity index (χ2n) is 9.79. The van der Waals surface area contributed by atoms with Gasteiger partial charge in [-0.2, -0.15) is 0 Å². The second kappa shape index (κ2) is 11.6. The predicted octanol–water partition coefficient (Wildman–Crippen LogP) is 2.93. The van der Waals surface area contributed by atoms with Crippen LogP contribution < -0.4 is 21.3 Å². The van der Waals surface area contributed by atoms with Crippen molar-refractivity contribution in [2.75, 3.05) is 43.4 Å². The molecular formula is C30H28FN5O5. The molecule has 5 N–H and O–H groups in total. The Hall–Kier alpha value is -5.03. The molecule has 2 heterocycles. The third-order valence-electron chi connectivity index (χ3n) is 6.97. The summed E-state index contributed by atoms with van der Waals surface area (Å²) >= 11 is 0. The van der Waals surface area contributed by atoms with Gasteiger partial charge in [0, 0.05) is 37.4 Å². The Morgan fingerprint density at radius 2 is 1.83 bits per heavy atom. The summed E-state index contributed by atoms with van der Waals surface area (Å²) in [6, 6.07) is 16.2. The minimum atomic E-state index is -1.10. The molecule has 2 aliphatic rings. The van der Waals surface area contributed by atoms with Crippen molar-refractivity contribution in [1.82, 2.24) is 15.5 Å². The summed E-state index contributed by atoms with van der Waals surface area (Å²) in [6.07, 6.45) is 0. The van der Waals surface area contributed by atoms with E-state index in [-0.39, 0.29) is 35.7 Å². The standard InChI is InChI=1S/C30H28FN5O5/c1-17-13-22-24(15-21(17)30(40)41)35-29(39)26(22)27(18-5-3-2-4-6-18)34-19-7-8-20(23(31)14-19)28(38)33-10-12-36-11-9-32-25(37)16-36/h2-8,13-15,34H,9-12,16H2,1H3,(H,32,37)(H,33,38)(H,35,39)(H,40,41)/b27-26-. The first-order valence-electron chi connectivity index (χ1n) is 13.0. The van der Waals surface area contributed by atoms with Gasteiger partial charge in [0.05, 0.1) is 34.6 Å². The molecule has 0 aliphatic carbocycles. The average Bonchev–Trinajstić information content (AvgIpc) is 3.25. The van der Waals surface area contributed by atoms with Crippen LogP contribution in [0.4, 0.5) is 15.8 Å². The molecule has 2 aliphatic heterocycles. The first-order valence-corrected chi connectivity index (χ1v) is 13.0. The molecule has 41 heavy (non-hydrogen) atoms. The largest absolute Gasteiger partial charge is 0.478 e. The Bertz CT molecular complexity index is 1590. The van der Waals surface area contributed by atoms with Gasteiger partial charge in [-0.05, 0) is 48.4 Å². The van der Waals surface area contributed by atoms with E-state index in [0.717, 1.165) is 0 Å². The van der Waals surface area contributed by atoms with Crippen molar-refractivity contribution in [3.05, 3.63) is 94.3 Å².